The minimum atomic E-state index is -0.172. The fourth-order valence-corrected chi connectivity index (χ4v) is 1.96. The molecule has 0 bridgehead atoms. The van der Waals surface area contributed by atoms with Gasteiger partial charge in [0, 0.05) is 22.9 Å². The summed E-state index contributed by atoms with van der Waals surface area (Å²) >= 11 is 3.40. The van der Waals surface area contributed by atoms with Crippen molar-refractivity contribution in [2.75, 3.05) is 0 Å². The van der Waals surface area contributed by atoms with E-state index in [0.717, 1.165) is 15.8 Å². The Morgan fingerprint density at radius 2 is 1.72 bits per heavy atom. The second-order valence-corrected chi connectivity index (χ2v) is 5.05. The van der Waals surface area contributed by atoms with Crippen LogP contribution in [0.15, 0.2) is 53.3 Å². The van der Waals surface area contributed by atoms with Gasteiger partial charge in [-0.1, -0.05) is 15.9 Å². The first kappa shape index (κ1) is 13.1. The van der Waals surface area contributed by atoms with Crippen LogP contribution in [-0.4, -0.2) is 11.0 Å². The van der Waals surface area contributed by atoms with Crippen LogP contribution in [0.3, 0.4) is 0 Å². The summed E-state index contributed by atoms with van der Waals surface area (Å²) in [6, 6.07) is 11.5. The molecule has 94 valence electrons. The smallest absolute Gasteiger partial charge is 0.139 e. The zero-order valence-electron chi connectivity index (χ0n) is 10.1. The Morgan fingerprint density at radius 3 is 2.28 bits per heavy atom. The first-order chi connectivity index (χ1) is 8.66. The van der Waals surface area contributed by atoms with E-state index in [1.807, 2.05) is 43.3 Å². The Morgan fingerprint density at radius 1 is 1.11 bits per heavy atom. The summed E-state index contributed by atoms with van der Waals surface area (Å²) in [6.45, 7) is 1.93. The molecule has 0 aliphatic heterocycles. The molecule has 0 saturated carbocycles. The van der Waals surface area contributed by atoms with Crippen molar-refractivity contribution in [3.63, 3.8) is 0 Å². The maximum Gasteiger partial charge on any atom is 0.139 e. The topological polar surface area (TPSA) is 48.1 Å². The standard InChI is InChI=1S/C14H15BrN2O/c1-10(16)14(11-6-8-17-9-7-11)18-13-4-2-12(15)3-5-13/h2-10,14H,16H2,1H3. The van der Waals surface area contributed by atoms with Crippen LogP contribution in [0.5, 0.6) is 5.75 Å². The van der Waals surface area contributed by atoms with Crippen molar-refractivity contribution >= 4 is 15.9 Å². The molecular formula is C14H15BrN2O. The summed E-state index contributed by atoms with van der Waals surface area (Å²) in [5.74, 6) is 0.803. The van der Waals surface area contributed by atoms with Crippen LogP contribution in [-0.2, 0) is 0 Å². The van der Waals surface area contributed by atoms with Crippen molar-refractivity contribution in [1.29, 1.82) is 0 Å². The Bertz CT molecular complexity index is 485. The molecule has 1 heterocycles. The van der Waals surface area contributed by atoms with Gasteiger partial charge in [0.2, 0.25) is 0 Å². The number of rotatable bonds is 4. The van der Waals surface area contributed by atoms with Crippen molar-refractivity contribution in [2.24, 2.45) is 5.73 Å². The van der Waals surface area contributed by atoms with Gasteiger partial charge in [-0.25, -0.2) is 0 Å². The Hall–Kier alpha value is -1.39. The van der Waals surface area contributed by atoms with Gasteiger partial charge in [0.05, 0.1) is 0 Å². The fourth-order valence-electron chi connectivity index (χ4n) is 1.69. The monoisotopic (exact) mass is 306 g/mol. The first-order valence-electron chi connectivity index (χ1n) is 5.74. The van der Waals surface area contributed by atoms with Gasteiger partial charge in [-0.15, -0.1) is 0 Å². The second-order valence-electron chi connectivity index (χ2n) is 4.13. The Labute approximate surface area is 115 Å². The van der Waals surface area contributed by atoms with E-state index < -0.39 is 0 Å². The molecule has 0 aliphatic rings. The lowest BCUT2D eigenvalue weighted by Crippen LogP contribution is -2.29. The van der Waals surface area contributed by atoms with Gasteiger partial charge >= 0.3 is 0 Å². The molecule has 1 aromatic carbocycles. The van der Waals surface area contributed by atoms with E-state index in [0.29, 0.717) is 0 Å². The molecule has 3 nitrogen and oxygen atoms in total. The number of aromatic nitrogens is 1. The van der Waals surface area contributed by atoms with Gasteiger partial charge in [0.15, 0.2) is 0 Å². The summed E-state index contributed by atoms with van der Waals surface area (Å²) in [5, 5.41) is 0. The van der Waals surface area contributed by atoms with Crippen LogP contribution in [0.2, 0.25) is 0 Å². The van der Waals surface area contributed by atoms with Crippen LogP contribution < -0.4 is 10.5 Å². The lowest BCUT2D eigenvalue weighted by molar-refractivity contribution is 0.180. The zero-order chi connectivity index (χ0) is 13.0. The maximum absolute atomic E-state index is 5.99. The SMILES string of the molecule is CC(N)C(Oc1ccc(Br)cc1)c1ccncc1. The van der Waals surface area contributed by atoms with E-state index >= 15 is 0 Å². The highest BCUT2D eigenvalue weighted by Gasteiger charge is 2.17. The number of pyridine rings is 1. The molecule has 2 rings (SSSR count). The molecule has 0 saturated heterocycles. The van der Waals surface area contributed by atoms with E-state index in [9.17, 15) is 0 Å². The third kappa shape index (κ3) is 3.31. The molecule has 2 N–H and O–H groups in total. The molecule has 4 heteroatoms. The van der Waals surface area contributed by atoms with E-state index in [1.54, 1.807) is 12.4 Å². The molecule has 2 unspecified atom stereocenters. The maximum atomic E-state index is 5.99. The summed E-state index contributed by atoms with van der Waals surface area (Å²) in [7, 11) is 0. The van der Waals surface area contributed by atoms with Crippen molar-refractivity contribution in [3.8, 4) is 5.75 Å². The van der Waals surface area contributed by atoms with Crippen LogP contribution in [0.25, 0.3) is 0 Å². The average molecular weight is 307 g/mol. The van der Waals surface area contributed by atoms with Crippen LogP contribution in [0.1, 0.15) is 18.6 Å². The van der Waals surface area contributed by atoms with Gasteiger partial charge in [0.1, 0.15) is 11.9 Å². The van der Waals surface area contributed by atoms with Crippen molar-refractivity contribution in [3.05, 3.63) is 58.8 Å². The van der Waals surface area contributed by atoms with E-state index in [4.69, 9.17) is 10.5 Å². The number of hydrogen-bond donors (Lipinski definition) is 1. The summed E-state index contributed by atoms with van der Waals surface area (Å²) in [4.78, 5) is 4.00. The molecular weight excluding hydrogens is 292 g/mol. The molecule has 1 aromatic heterocycles. The Kier molecular flexibility index (Phi) is 4.33. The predicted molar refractivity (Wildman–Crippen MR) is 75.4 cm³/mol. The van der Waals surface area contributed by atoms with Gasteiger partial charge in [0.25, 0.3) is 0 Å². The van der Waals surface area contributed by atoms with E-state index in [-0.39, 0.29) is 12.1 Å². The minimum Gasteiger partial charge on any atom is -0.484 e. The van der Waals surface area contributed by atoms with E-state index in [2.05, 4.69) is 20.9 Å². The van der Waals surface area contributed by atoms with Crippen LogP contribution >= 0.6 is 15.9 Å². The normalized spacial score (nSPS) is 13.9. The molecule has 0 spiro atoms. The number of benzene rings is 1. The quantitative estimate of drug-likeness (QED) is 0.942. The van der Waals surface area contributed by atoms with Gasteiger partial charge < -0.3 is 10.5 Å². The zero-order valence-corrected chi connectivity index (χ0v) is 11.7. The first-order valence-corrected chi connectivity index (χ1v) is 6.54. The number of nitrogens with two attached hydrogens (primary N) is 1. The van der Waals surface area contributed by atoms with Gasteiger partial charge in [-0.2, -0.15) is 0 Å². The number of halogens is 1. The third-order valence-electron chi connectivity index (χ3n) is 2.59. The molecule has 18 heavy (non-hydrogen) atoms. The average Bonchev–Trinajstić information content (AvgIpc) is 2.38. The number of ether oxygens (including phenoxy) is 1. The molecule has 0 aliphatic carbocycles. The third-order valence-corrected chi connectivity index (χ3v) is 3.12. The van der Waals surface area contributed by atoms with Crippen molar-refractivity contribution in [1.82, 2.24) is 4.98 Å². The highest BCUT2D eigenvalue weighted by molar-refractivity contribution is 9.10. The van der Waals surface area contributed by atoms with Crippen LogP contribution in [0.4, 0.5) is 0 Å². The Balaban J connectivity index is 2.19. The predicted octanol–water partition coefficient (Wildman–Crippen LogP) is 3.31. The largest absolute Gasteiger partial charge is 0.484 e. The molecule has 0 radical (unpaired) electrons. The molecule has 2 atom stereocenters. The summed E-state index contributed by atoms with van der Waals surface area (Å²) in [6.07, 6.45) is 3.32. The lowest BCUT2D eigenvalue weighted by atomic mass is 10.1. The van der Waals surface area contributed by atoms with Gasteiger partial charge in [-0.05, 0) is 48.9 Å². The van der Waals surface area contributed by atoms with Crippen LogP contribution in [0, 0.1) is 0 Å². The van der Waals surface area contributed by atoms with Gasteiger partial charge in [-0.3, -0.25) is 4.98 Å². The lowest BCUT2D eigenvalue weighted by Gasteiger charge is -2.22. The van der Waals surface area contributed by atoms with Crippen molar-refractivity contribution in [2.45, 2.75) is 19.1 Å². The van der Waals surface area contributed by atoms with Crippen molar-refractivity contribution < 1.29 is 4.74 Å². The molecule has 0 amide bonds. The summed E-state index contributed by atoms with van der Waals surface area (Å²) < 4.78 is 6.97. The fraction of sp³-hybridized carbons (Fsp3) is 0.214. The number of hydrogen-bond acceptors (Lipinski definition) is 3. The van der Waals surface area contributed by atoms with E-state index in [1.165, 1.54) is 0 Å². The highest BCUT2D eigenvalue weighted by atomic mass is 79.9. The number of nitrogens with zero attached hydrogens (tertiary/aromatic N) is 1. The summed E-state index contributed by atoms with van der Waals surface area (Å²) in [5.41, 5.74) is 7.02. The second kappa shape index (κ2) is 5.98. The molecule has 0 fully saturated rings. The molecule has 2 aromatic rings. The minimum absolute atomic E-state index is 0.101. The highest BCUT2D eigenvalue weighted by Crippen LogP contribution is 2.25.